The van der Waals surface area contributed by atoms with Gasteiger partial charge in [-0.25, -0.2) is 9.97 Å². The molecule has 0 radical (unpaired) electrons. The molecule has 0 bridgehead atoms. The first kappa shape index (κ1) is 19.1. The van der Waals surface area contributed by atoms with Crippen molar-refractivity contribution in [2.75, 3.05) is 71.0 Å². The summed E-state index contributed by atoms with van der Waals surface area (Å²) in [7, 11) is 1.54. The van der Waals surface area contributed by atoms with Crippen molar-refractivity contribution >= 4 is 17.8 Å². The van der Waals surface area contributed by atoms with Gasteiger partial charge in [0.2, 0.25) is 17.8 Å². The second-order valence-electron chi connectivity index (χ2n) is 7.75. The molecule has 4 rings (SSSR count). The topological polar surface area (TPSA) is 82.1 Å². The smallest absolute Gasteiger partial charge is 0.248 e. The summed E-state index contributed by atoms with van der Waals surface area (Å²) >= 11 is 0. The van der Waals surface area contributed by atoms with E-state index in [0.717, 1.165) is 51.6 Å². The molecule has 2 amide bonds. The highest BCUT2D eigenvalue weighted by atomic mass is 16.5. The number of ether oxygens (including phenoxy) is 1. The highest BCUT2D eigenvalue weighted by Crippen LogP contribution is 2.32. The Morgan fingerprint density at radius 1 is 1.07 bits per heavy atom. The Labute approximate surface area is 165 Å². The van der Waals surface area contributed by atoms with E-state index in [1.165, 1.54) is 0 Å². The van der Waals surface area contributed by atoms with Crippen LogP contribution in [0.4, 0.5) is 5.95 Å². The second kappa shape index (κ2) is 8.40. The van der Waals surface area contributed by atoms with E-state index in [1.54, 1.807) is 19.5 Å². The summed E-state index contributed by atoms with van der Waals surface area (Å²) in [6.45, 7) is 6.17. The molecule has 3 saturated heterocycles. The third kappa shape index (κ3) is 3.95. The predicted molar refractivity (Wildman–Crippen MR) is 103 cm³/mol. The van der Waals surface area contributed by atoms with Gasteiger partial charge in [0.15, 0.2) is 0 Å². The Morgan fingerprint density at radius 2 is 1.82 bits per heavy atom. The number of carbonyl (C=O) groups excluding carboxylic acids is 2. The summed E-state index contributed by atoms with van der Waals surface area (Å²) in [5.74, 6) is 1.42. The maximum atomic E-state index is 12.8. The first-order chi connectivity index (χ1) is 13.7. The van der Waals surface area contributed by atoms with E-state index in [2.05, 4.69) is 19.8 Å². The van der Waals surface area contributed by atoms with Crippen molar-refractivity contribution in [3.05, 3.63) is 18.5 Å². The fourth-order valence-electron chi connectivity index (χ4n) is 4.43. The average molecular weight is 388 g/mol. The Kier molecular flexibility index (Phi) is 5.72. The molecule has 0 N–H and O–H groups in total. The molecular formula is C19H28N6O3. The van der Waals surface area contributed by atoms with Gasteiger partial charge in [-0.3, -0.25) is 14.5 Å². The molecular weight excluding hydrogens is 360 g/mol. The third-order valence-electron chi connectivity index (χ3n) is 6.03. The van der Waals surface area contributed by atoms with Crippen molar-refractivity contribution < 1.29 is 14.3 Å². The lowest BCUT2D eigenvalue weighted by Gasteiger charge is -2.53. The van der Waals surface area contributed by atoms with E-state index in [9.17, 15) is 9.59 Å². The van der Waals surface area contributed by atoms with Crippen molar-refractivity contribution in [3.63, 3.8) is 0 Å². The highest BCUT2D eigenvalue weighted by molar-refractivity contribution is 5.80. The normalized spacial score (nSPS) is 25.2. The lowest BCUT2D eigenvalue weighted by atomic mass is 9.82. The molecule has 152 valence electrons. The average Bonchev–Trinajstić information content (AvgIpc) is 2.70. The van der Waals surface area contributed by atoms with Gasteiger partial charge in [-0.05, 0) is 12.5 Å². The number of rotatable bonds is 5. The zero-order valence-corrected chi connectivity index (χ0v) is 16.4. The number of anilines is 1. The summed E-state index contributed by atoms with van der Waals surface area (Å²) in [6.07, 6.45) is 4.38. The highest BCUT2D eigenvalue weighted by Gasteiger charge is 2.45. The van der Waals surface area contributed by atoms with E-state index >= 15 is 0 Å². The second-order valence-corrected chi connectivity index (χ2v) is 7.75. The van der Waals surface area contributed by atoms with E-state index in [-0.39, 0.29) is 24.5 Å². The van der Waals surface area contributed by atoms with Crippen LogP contribution in [0.5, 0.6) is 0 Å². The minimum Gasteiger partial charge on any atom is -0.375 e. The van der Waals surface area contributed by atoms with Crippen molar-refractivity contribution in [1.29, 1.82) is 0 Å². The Balaban J connectivity index is 1.22. The molecule has 0 saturated carbocycles. The first-order valence-electron chi connectivity index (χ1n) is 9.96. The zero-order chi connectivity index (χ0) is 19.5. The molecule has 3 fully saturated rings. The van der Waals surface area contributed by atoms with Crippen LogP contribution in [0.15, 0.2) is 18.5 Å². The lowest BCUT2D eigenvalue weighted by molar-refractivity contribution is -0.154. The van der Waals surface area contributed by atoms with Crippen LogP contribution < -0.4 is 4.90 Å². The largest absolute Gasteiger partial charge is 0.375 e. The number of aromatic nitrogens is 2. The monoisotopic (exact) mass is 388 g/mol. The van der Waals surface area contributed by atoms with Crippen LogP contribution in [0.25, 0.3) is 0 Å². The fourth-order valence-corrected chi connectivity index (χ4v) is 4.43. The first-order valence-corrected chi connectivity index (χ1v) is 9.96. The van der Waals surface area contributed by atoms with Gasteiger partial charge in [0.1, 0.15) is 6.61 Å². The van der Waals surface area contributed by atoms with Gasteiger partial charge in [0.05, 0.1) is 6.54 Å². The summed E-state index contributed by atoms with van der Waals surface area (Å²) in [6, 6.07) is 2.11. The van der Waals surface area contributed by atoms with Crippen molar-refractivity contribution in [2.24, 2.45) is 5.92 Å². The van der Waals surface area contributed by atoms with E-state index in [1.807, 2.05) is 15.9 Å². The van der Waals surface area contributed by atoms with Crippen molar-refractivity contribution in [3.8, 4) is 0 Å². The van der Waals surface area contributed by atoms with Crippen molar-refractivity contribution in [1.82, 2.24) is 24.7 Å². The summed E-state index contributed by atoms with van der Waals surface area (Å²) in [4.78, 5) is 41.6. The van der Waals surface area contributed by atoms with E-state index in [0.29, 0.717) is 19.0 Å². The maximum absolute atomic E-state index is 12.8. The van der Waals surface area contributed by atoms with Gasteiger partial charge in [-0.2, -0.15) is 0 Å². The number of piperidine rings is 1. The minimum absolute atomic E-state index is 0.0472. The molecule has 0 aromatic carbocycles. The number of hydrogen-bond acceptors (Lipinski definition) is 7. The van der Waals surface area contributed by atoms with Gasteiger partial charge in [0, 0.05) is 77.3 Å². The SMILES string of the molecule is COCC(=O)N1CC[C@H]2[C@@H](C1)CN2C(=O)CN1CCN(c2ncccn2)CC1. The molecule has 0 aliphatic carbocycles. The van der Waals surface area contributed by atoms with Gasteiger partial charge >= 0.3 is 0 Å². The third-order valence-corrected chi connectivity index (χ3v) is 6.03. The lowest BCUT2D eigenvalue weighted by Crippen LogP contribution is -2.67. The van der Waals surface area contributed by atoms with Crippen LogP contribution >= 0.6 is 0 Å². The van der Waals surface area contributed by atoms with Crippen LogP contribution in [0.3, 0.4) is 0 Å². The molecule has 9 heteroatoms. The number of carbonyl (C=O) groups is 2. The number of likely N-dealkylation sites (tertiary alicyclic amines) is 2. The van der Waals surface area contributed by atoms with Gasteiger partial charge in [0.25, 0.3) is 0 Å². The summed E-state index contributed by atoms with van der Waals surface area (Å²) in [5.41, 5.74) is 0. The summed E-state index contributed by atoms with van der Waals surface area (Å²) < 4.78 is 4.94. The molecule has 0 spiro atoms. The Hall–Kier alpha value is -2.26. The fraction of sp³-hybridized carbons (Fsp3) is 0.684. The number of fused-ring (bicyclic) bond motifs is 1. The molecule has 4 heterocycles. The van der Waals surface area contributed by atoms with Crippen LogP contribution in [-0.2, 0) is 14.3 Å². The molecule has 3 aliphatic rings. The predicted octanol–water partition coefficient (Wildman–Crippen LogP) is -0.696. The maximum Gasteiger partial charge on any atom is 0.248 e. The van der Waals surface area contributed by atoms with Crippen molar-refractivity contribution in [2.45, 2.75) is 12.5 Å². The molecule has 1 aromatic rings. The van der Waals surface area contributed by atoms with Gasteiger partial charge in [-0.1, -0.05) is 0 Å². The molecule has 0 unspecified atom stereocenters. The van der Waals surface area contributed by atoms with E-state index < -0.39 is 0 Å². The molecule has 1 aromatic heterocycles. The number of methoxy groups -OCH3 is 1. The molecule has 3 aliphatic heterocycles. The van der Waals surface area contributed by atoms with E-state index in [4.69, 9.17) is 4.74 Å². The van der Waals surface area contributed by atoms with Gasteiger partial charge < -0.3 is 19.4 Å². The molecule has 2 atom stereocenters. The van der Waals surface area contributed by atoms with Crippen LogP contribution in [-0.4, -0.2) is 109 Å². The number of hydrogen-bond donors (Lipinski definition) is 0. The number of piperazine rings is 1. The Bertz CT molecular complexity index is 694. The van der Waals surface area contributed by atoms with Crippen LogP contribution in [0.2, 0.25) is 0 Å². The number of amides is 2. The molecule has 28 heavy (non-hydrogen) atoms. The quantitative estimate of drug-likeness (QED) is 0.660. The molecule has 9 nitrogen and oxygen atoms in total. The van der Waals surface area contributed by atoms with Crippen LogP contribution in [0, 0.1) is 5.92 Å². The minimum atomic E-state index is 0.0472. The Morgan fingerprint density at radius 3 is 2.50 bits per heavy atom. The van der Waals surface area contributed by atoms with Crippen LogP contribution in [0.1, 0.15) is 6.42 Å². The van der Waals surface area contributed by atoms with Gasteiger partial charge in [-0.15, -0.1) is 0 Å². The zero-order valence-electron chi connectivity index (χ0n) is 16.4. The summed E-state index contributed by atoms with van der Waals surface area (Å²) in [5, 5.41) is 0. The standard InChI is InChI=1S/C19H28N6O3/c1-28-14-18(27)24-6-3-16-15(11-24)12-25(16)17(26)13-22-7-9-23(10-8-22)19-20-4-2-5-21-19/h2,4-5,15-16H,3,6-14H2,1H3/t15-,16-/m0/s1. The number of nitrogens with zero attached hydrogens (tertiary/aromatic N) is 6.